The van der Waals surface area contributed by atoms with Gasteiger partial charge in [-0.15, -0.1) is 0 Å². The zero-order valence-electron chi connectivity index (χ0n) is 9.73. The van der Waals surface area contributed by atoms with Crippen molar-refractivity contribution < 1.29 is 9.62 Å². The van der Waals surface area contributed by atoms with Crippen LogP contribution in [0.2, 0.25) is 0 Å². The van der Waals surface area contributed by atoms with Crippen LogP contribution in [0.25, 0.3) is 0 Å². The second-order valence-electron chi connectivity index (χ2n) is 3.82. The van der Waals surface area contributed by atoms with Crippen LogP contribution in [-0.2, 0) is 0 Å². The number of hydrogen-bond acceptors (Lipinski definition) is 4. The van der Waals surface area contributed by atoms with Crippen LogP contribution in [0.1, 0.15) is 37.3 Å². The maximum atomic E-state index is 8.35. The fourth-order valence-electron chi connectivity index (χ4n) is 1.42. The molecule has 0 fully saturated rings. The van der Waals surface area contributed by atoms with Gasteiger partial charge in [-0.25, -0.2) is 0 Å². The average Bonchev–Trinajstić information content (AvgIpc) is 2.70. The number of aryl methyl sites for hydroxylation is 1. The number of oxime groups is 1. The number of amidine groups is 1. The highest BCUT2D eigenvalue weighted by molar-refractivity contribution is 5.79. The van der Waals surface area contributed by atoms with E-state index in [-0.39, 0.29) is 11.9 Å². The van der Waals surface area contributed by atoms with Gasteiger partial charge in [0, 0.05) is 6.42 Å². The van der Waals surface area contributed by atoms with Gasteiger partial charge in [-0.1, -0.05) is 5.16 Å². The van der Waals surface area contributed by atoms with E-state index in [0.717, 1.165) is 24.5 Å². The first-order chi connectivity index (χ1) is 7.63. The molecule has 90 valence electrons. The van der Waals surface area contributed by atoms with E-state index in [4.69, 9.17) is 15.4 Å². The Kier molecular flexibility index (Phi) is 4.85. The minimum absolute atomic E-state index is 0.181. The lowest BCUT2D eigenvalue weighted by molar-refractivity contribution is 0.316. The van der Waals surface area contributed by atoms with E-state index < -0.39 is 0 Å². The molecular weight excluding hydrogens is 206 g/mol. The fourth-order valence-corrected chi connectivity index (χ4v) is 1.42. The Balaban J connectivity index is 2.23. The molecule has 0 spiro atoms. The van der Waals surface area contributed by atoms with Crippen molar-refractivity contribution in [3.8, 4) is 0 Å². The minimum atomic E-state index is 0.181. The van der Waals surface area contributed by atoms with Crippen molar-refractivity contribution in [2.75, 3.05) is 6.54 Å². The van der Waals surface area contributed by atoms with Crippen LogP contribution >= 0.6 is 0 Å². The van der Waals surface area contributed by atoms with Crippen LogP contribution in [0, 0.1) is 6.92 Å². The Hall–Kier alpha value is -1.49. The SMILES string of the molecule is Cc1ccc(C(C)NCCCC(N)=NO)o1. The third kappa shape index (κ3) is 3.94. The summed E-state index contributed by atoms with van der Waals surface area (Å²) in [5, 5.41) is 14.6. The summed E-state index contributed by atoms with van der Waals surface area (Å²) in [6.45, 7) is 4.77. The van der Waals surface area contributed by atoms with Crippen molar-refractivity contribution in [2.45, 2.75) is 32.7 Å². The first-order valence-corrected chi connectivity index (χ1v) is 5.39. The Morgan fingerprint density at radius 2 is 2.38 bits per heavy atom. The highest BCUT2D eigenvalue weighted by atomic mass is 16.4. The van der Waals surface area contributed by atoms with Crippen LogP contribution in [-0.4, -0.2) is 17.6 Å². The highest BCUT2D eigenvalue weighted by Crippen LogP contribution is 2.15. The monoisotopic (exact) mass is 225 g/mol. The van der Waals surface area contributed by atoms with Crippen LogP contribution in [0.5, 0.6) is 0 Å². The van der Waals surface area contributed by atoms with Crippen LogP contribution in [0.4, 0.5) is 0 Å². The largest absolute Gasteiger partial charge is 0.465 e. The molecule has 1 atom stereocenters. The molecule has 0 aliphatic carbocycles. The van der Waals surface area contributed by atoms with E-state index >= 15 is 0 Å². The van der Waals surface area contributed by atoms with Crippen molar-refractivity contribution in [1.82, 2.24) is 5.32 Å². The first kappa shape index (κ1) is 12.6. The van der Waals surface area contributed by atoms with E-state index in [1.54, 1.807) is 0 Å². The lowest BCUT2D eigenvalue weighted by Gasteiger charge is -2.10. The molecular formula is C11H19N3O2. The van der Waals surface area contributed by atoms with E-state index in [1.807, 2.05) is 26.0 Å². The molecule has 0 radical (unpaired) electrons. The molecule has 0 bridgehead atoms. The van der Waals surface area contributed by atoms with E-state index in [1.165, 1.54) is 0 Å². The van der Waals surface area contributed by atoms with Gasteiger partial charge in [-0.2, -0.15) is 0 Å². The van der Waals surface area contributed by atoms with E-state index in [9.17, 15) is 0 Å². The Morgan fingerprint density at radius 3 is 2.94 bits per heavy atom. The number of rotatable bonds is 6. The second-order valence-corrected chi connectivity index (χ2v) is 3.82. The number of nitrogens with two attached hydrogens (primary N) is 1. The lowest BCUT2D eigenvalue weighted by Crippen LogP contribution is -2.21. The molecule has 0 saturated carbocycles. The van der Waals surface area contributed by atoms with Crippen molar-refractivity contribution in [1.29, 1.82) is 0 Å². The first-order valence-electron chi connectivity index (χ1n) is 5.39. The average molecular weight is 225 g/mol. The van der Waals surface area contributed by atoms with Crippen LogP contribution in [0.15, 0.2) is 21.7 Å². The summed E-state index contributed by atoms with van der Waals surface area (Å²) in [5.74, 6) is 2.12. The van der Waals surface area contributed by atoms with E-state index in [2.05, 4.69) is 10.5 Å². The zero-order chi connectivity index (χ0) is 12.0. The molecule has 0 aromatic carbocycles. The topological polar surface area (TPSA) is 83.8 Å². The molecule has 0 aliphatic heterocycles. The van der Waals surface area contributed by atoms with Crippen molar-refractivity contribution in [3.05, 3.63) is 23.7 Å². The summed E-state index contributed by atoms with van der Waals surface area (Å²) in [4.78, 5) is 0. The Labute approximate surface area is 95.3 Å². The molecule has 4 N–H and O–H groups in total. The van der Waals surface area contributed by atoms with E-state index in [0.29, 0.717) is 6.42 Å². The molecule has 1 rings (SSSR count). The smallest absolute Gasteiger partial charge is 0.139 e. The van der Waals surface area contributed by atoms with Gasteiger partial charge in [0.2, 0.25) is 0 Å². The Bertz CT molecular complexity index is 347. The number of nitrogens with one attached hydrogen (secondary N) is 1. The van der Waals surface area contributed by atoms with Crippen molar-refractivity contribution in [2.24, 2.45) is 10.9 Å². The number of nitrogens with zero attached hydrogens (tertiary/aromatic N) is 1. The molecule has 1 heterocycles. The lowest BCUT2D eigenvalue weighted by atomic mass is 10.2. The van der Waals surface area contributed by atoms with Crippen molar-refractivity contribution in [3.63, 3.8) is 0 Å². The Morgan fingerprint density at radius 1 is 1.62 bits per heavy atom. The molecule has 1 unspecified atom stereocenters. The maximum absolute atomic E-state index is 8.35. The second kappa shape index (κ2) is 6.17. The molecule has 0 amide bonds. The summed E-state index contributed by atoms with van der Waals surface area (Å²) in [5.41, 5.74) is 5.36. The molecule has 1 aromatic rings. The van der Waals surface area contributed by atoms with Crippen LogP contribution < -0.4 is 11.1 Å². The molecule has 5 nitrogen and oxygen atoms in total. The third-order valence-electron chi connectivity index (χ3n) is 2.38. The predicted molar refractivity (Wildman–Crippen MR) is 62.5 cm³/mol. The molecule has 0 aliphatic rings. The fraction of sp³-hybridized carbons (Fsp3) is 0.545. The highest BCUT2D eigenvalue weighted by Gasteiger charge is 2.07. The minimum Gasteiger partial charge on any atom is -0.465 e. The maximum Gasteiger partial charge on any atom is 0.139 e. The van der Waals surface area contributed by atoms with Gasteiger partial charge in [0.15, 0.2) is 0 Å². The summed E-state index contributed by atoms with van der Waals surface area (Å²) >= 11 is 0. The molecule has 16 heavy (non-hydrogen) atoms. The summed E-state index contributed by atoms with van der Waals surface area (Å²) < 4.78 is 5.49. The summed E-state index contributed by atoms with van der Waals surface area (Å²) in [7, 11) is 0. The van der Waals surface area contributed by atoms with Crippen LogP contribution in [0.3, 0.4) is 0 Å². The summed E-state index contributed by atoms with van der Waals surface area (Å²) in [6.07, 6.45) is 1.42. The quantitative estimate of drug-likeness (QED) is 0.226. The molecule has 1 aromatic heterocycles. The number of hydrogen-bond donors (Lipinski definition) is 3. The molecule has 5 heteroatoms. The standard InChI is InChI=1S/C11H19N3O2/c1-8-5-6-10(16-8)9(2)13-7-3-4-11(12)14-15/h5-6,9,13,15H,3-4,7H2,1-2H3,(H2,12,14). The van der Waals surface area contributed by atoms with Gasteiger partial charge in [-0.05, 0) is 38.9 Å². The predicted octanol–water partition coefficient (Wildman–Crippen LogP) is 1.77. The molecule has 0 saturated heterocycles. The van der Waals surface area contributed by atoms with Gasteiger partial charge in [0.1, 0.15) is 17.4 Å². The van der Waals surface area contributed by atoms with Gasteiger partial charge >= 0.3 is 0 Å². The number of furan rings is 1. The van der Waals surface area contributed by atoms with Gasteiger partial charge in [0.25, 0.3) is 0 Å². The van der Waals surface area contributed by atoms with Crippen molar-refractivity contribution >= 4 is 5.84 Å². The van der Waals surface area contributed by atoms with Gasteiger partial charge in [-0.3, -0.25) is 0 Å². The van der Waals surface area contributed by atoms with Gasteiger partial charge in [0.05, 0.1) is 6.04 Å². The summed E-state index contributed by atoms with van der Waals surface area (Å²) in [6, 6.07) is 4.10. The third-order valence-corrected chi connectivity index (χ3v) is 2.38. The van der Waals surface area contributed by atoms with Gasteiger partial charge < -0.3 is 20.7 Å². The normalized spacial score (nSPS) is 14.0. The zero-order valence-corrected chi connectivity index (χ0v) is 9.73.